The molecule has 0 amide bonds. The molecular formula is C9H17NOS. The van der Waals surface area contributed by atoms with Crippen LogP contribution in [0, 0.1) is 0 Å². The van der Waals surface area contributed by atoms with Crippen molar-refractivity contribution in [1.29, 1.82) is 0 Å². The quantitative estimate of drug-likeness (QED) is 0.725. The maximum atomic E-state index is 11.0. The van der Waals surface area contributed by atoms with Crippen LogP contribution in [0.4, 0.5) is 0 Å². The summed E-state index contributed by atoms with van der Waals surface area (Å²) in [5.74, 6) is 0.279. The molecule has 0 unspecified atom stereocenters. The summed E-state index contributed by atoms with van der Waals surface area (Å²) in [5.41, 5.74) is 0. The van der Waals surface area contributed by atoms with E-state index in [1.165, 1.54) is 0 Å². The molecular weight excluding hydrogens is 170 g/mol. The summed E-state index contributed by atoms with van der Waals surface area (Å²) < 4.78 is 0. The molecule has 1 saturated heterocycles. The summed E-state index contributed by atoms with van der Waals surface area (Å²) in [6.45, 7) is 7.06. The van der Waals surface area contributed by atoms with Gasteiger partial charge in [0.2, 0.25) is 0 Å². The molecule has 1 heterocycles. The van der Waals surface area contributed by atoms with Crippen LogP contribution in [-0.4, -0.2) is 28.9 Å². The van der Waals surface area contributed by atoms with Gasteiger partial charge in [-0.05, 0) is 18.6 Å². The Labute approximate surface area is 78.5 Å². The number of rotatable bonds is 3. The molecule has 0 aliphatic carbocycles. The molecule has 3 heteroatoms. The van der Waals surface area contributed by atoms with Gasteiger partial charge < -0.3 is 5.32 Å². The number of hydrogen-bond acceptors (Lipinski definition) is 3. The molecule has 1 rings (SSSR count). The van der Waals surface area contributed by atoms with Crippen molar-refractivity contribution in [3.8, 4) is 0 Å². The molecule has 1 aliphatic rings. The highest BCUT2D eigenvalue weighted by molar-refractivity contribution is 8.00. The Morgan fingerprint density at radius 1 is 1.58 bits per heavy atom. The lowest BCUT2D eigenvalue weighted by molar-refractivity contribution is -0.118. The molecule has 0 aromatic rings. The Balaban J connectivity index is 2.30. The van der Waals surface area contributed by atoms with Gasteiger partial charge in [-0.15, -0.1) is 0 Å². The standard InChI is InChI=1S/C9H17NOS/c1-6(2)12-8-4-9(7(3)11)10-5-8/h6,8-10H,4-5H2,1-3H3/t8-,9+/m1/s1. The Hall–Kier alpha value is -0.0200. The fourth-order valence-electron chi connectivity index (χ4n) is 1.50. The van der Waals surface area contributed by atoms with Crippen molar-refractivity contribution in [2.24, 2.45) is 0 Å². The summed E-state index contributed by atoms with van der Waals surface area (Å²) in [6.07, 6.45) is 1.01. The van der Waals surface area contributed by atoms with Gasteiger partial charge in [0.15, 0.2) is 0 Å². The third-order valence-electron chi connectivity index (χ3n) is 2.05. The fraction of sp³-hybridized carbons (Fsp3) is 0.889. The van der Waals surface area contributed by atoms with Crippen molar-refractivity contribution < 1.29 is 4.79 Å². The number of Topliss-reactive ketones (excluding diaryl/α,β-unsaturated/α-hetero) is 1. The molecule has 0 bridgehead atoms. The van der Waals surface area contributed by atoms with E-state index in [0.717, 1.165) is 13.0 Å². The van der Waals surface area contributed by atoms with Gasteiger partial charge in [0.1, 0.15) is 5.78 Å². The summed E-state index contributed by atoms with van der Waals surface area (Å²) in [5, 5.41) is 4.55. The van der Waals surface area contributed by atoms with Crippen molar-refractivity contribution in [3.05, 3.63) is 0 Å². The Morgan fingerprint density at radius 2 is 2.25 bits per heavy atom. The first-order valence-corrected chi connectivity index (χ1v) is 5.43. The molecule has 70 valence electrons. The molecule has 0 saturated carbocycles. The number of thioether (sulfide) groups is 1. The Morgan fingerprint density at radius 3 is 2.67 bits per heavy atom. The van der Waals surface area contributed by atoms with Crippen molar-refractivity contribution >= 4 is 17.5 Å². The first kappa shape index (κ1) is 10.1. The zero-order valence-corrected chi connectivity index (χ0v) is 8.78. The molecule has 0 spiro atoms. The Kier molecular flexibility index (Phi) is 3.59. The van der Waals surface area contributed by atoms with Crippen LogP contribution in [0.5, 0.6) is 0 Å². The first-order valence-electron chi connectivity index (χ1n) is 4.49. The average Bonchev–Trinajstić information content (AvgIpc) is 2.34. The zero-order chi connectivity index (χ0) is 9.14. The second-order valence-electron chi connectivity index (χ2n) is 3.61. The number of hydrogen-bond donors (Lipinski definition) is 1. The molecule has 12 heavy (non-hydrogen) atoms. The van der Waals surface area contributed by atoms with Crippen molar-refractivity contribution in [1.82, 2.24) is 5.32 Å². The van der Waals surface area contributed by atoms with E-state index in [1.807, 2.05) is 11.8 Å². The van der Waals surface area contributed by atoms with Gasteiger partial charge in [-0.3, -0.25) is 4.79 Å². The monoisotopic (exact) mass is 187 g/mol. The predicted molar refractivity (Wildman–Crippen MR) is 53.6 cm³/mol. The fourth-order valence-corrected chi connectivity index (χ4v) is 2.77. The SMILES string of the molecule is CC(=O)[C@@H]1C[C@@H](SC(C)C)CN1. The van der Waals surface area contributed by atoms with Gasteiger partial charge in [0.05, 0.1) is 6.04 Å². The van der Waals surface area contributed by atoms with E-state index < -0.39 is 0 Å². The molecule has 2 nitrogen and oxygen atoms in total. The highest BCUT2D eigenvalue weighted by Gasteiger charge is 2.27. The molecule has 1 fully saturated rings. The molecule has 0 radical (unpaired) electrons. The minimum absolute atomic E-state index is 0.126. The average molecular weight is 187 g/mol. The lowest BCUT2D eigenvalue weighted by Crippen LogP contribution is -2.28. The van der Waals surface area contributed by atoms with Crippen LogP contribution in [0.25, 0.3) is 0 Å². The summed E-state index contributed by atoms with van der Waals surface area (Å²) in [6, 6.07) is 0.126. The zero-order valence-electron chi connectivity index (χ0n) is 7.96. The van der Waals surface area contributed by atoms with Gasteiger partial charge in [-0.25, -0.2) is 0 Å². The normalized spacial score (nSPS) is 29.7. The van der Waals surface area contributed by atoms with Gasteiger partial charge in [0, 0.05) is 11.8 Å². The van der Waals surface area contributed by atoms with Crippen molar-refractivity contribution in [2.75, 3.05) is 6.54 Å². The predicted octanol–water partition coefficient (Wildman–Crippen LogP) is 1.45. The van der Waals surface area contributed by atoms with Gasteiger partial charge in [-0.1, -0.05) is 13.8 Å². The highest BCUT2D eigenvalue weighted by Crippen LogP contribution is 2.24. The molecule has 1 aliphatic heterocycles. The van der Waals surface area contributed by atoms with Gasteiger partial charge >= 0.3 is 0 Å². The minimum atomic E-state index is 0.126. The van der Waals surface area contributed by atoms with Gasteiger partial charge in [-0.2, -0.15) is 11.8 Å². The number of carbonyl (C=O) groups excluding carboxylic acids is 1. The lowest BCUT2D eigenvalue weighted by Gasteiger charge is -2.10. The largest absolute Gasteiger partial charge is 0.306 e. The second-order valence-corrected chi connectivity index (χ2v) is 5.50. The van der Waals surface area contributed by atoms with E-state index in [1.54, 1.807) is 6.92 Å². The van der Waals surface area contributed by atoms with E-state index in [0.29, 0.717) is 10.5 Å². The summed E-state index contributed by atoms with van der Waals surface area (Å²) in [4.78, 5) is 11.0. The smallest absolute Gasteiger partial charge is 0.146 e. The van der Waals surface area contributed by atoms with Crippen molar-refractivity contribution in [2.45, 2.75) is 43.7 Å². The summed E-state index contributed by atoms with van der Waals surface area (Å²) >= 11 is 1.97. The Bertz CT molecular complexity index is 170. The number of carbonyl (C=O) groups is 1. The summed E-state index contributed by atoms with van der Waals surface area (Å²) in [7, 11) is 0. The van der Waals surface area contributed by atoms with E-state index in [2.05, 4.69) is 19.2 Å². The van der Waals surface area contributed by atoms with Gasteiger partial charge in [0.25, 0.3) is 0 Å². The van der Waals surface area contributed by atoms with Crippen LogP contribution in [0.3, 0.4) is 0 Å². The topological polar surface area (TPSA) is 29.1 Å². The lowest BCUT2D eigenvalue weighted by atomic mass is 10.2. The third-order valence-corrected chi connectivity index (χ3v) is 3.33. The van der Waals surface area contributed by atoms with E-state index in [4.69, 9.17) is 0 Å². The number of ketones is 1. The minimum Gasteiger partial charge on any atom is -0.306 e. The number of nitrogens with one attached hydrogen (secondary N) is 1. The van der Waals surface area contributed by atoms with Crippen LogP contribution in [0.2, 0.25) is 0 Å². The van der Waals surface area contributed by atoms with Crippen LogP contribution < -0.4 is 5.32 Å². The van der Waals surface area contributed by atoms with Crippen LogP contribution in [0.15, 0.2) is 0 Å². The van der Waals surface area contributed by atoms with Crippen LogP contribution >= 0.6 is 11.8 Å². The van der Waals surface area contributed by atoms with Crippen molar-refractivity contribution in [3.63, 3.8) is 0 Å². The van der Waals surface area contributed by atoms with Crippen LogP contribution in [-0.2, 0) is 4.79 Å². The maximum absolute atomic E-state index is 11.0. The second kappa shape index (κ2) is 4.28. The van der Waals surface area contributed by atoms with E-state index >= 15 is 0 Å². The van der Waals surface area contributed by atoms with Crippen LogP contribution in [0.1, 0.15) is 27.2 Å². The van der Waals surface area contributed by atoms with E-state index in [-0.39, 0.29) is 11.8 Å². The molecule has 0 aromatic heterocycles. The first-order chi connectivity index (χ1) is 5.59. The molecule has 0 aromatic carbocycles. The molecule has 1 N–H and O–H groups in total. The van der Waals surface area contributed by atoms with E-state index in [9.17, 15) is 4.79 Å². The maximum Gasteiger partial charge on any atom is 0.146 e. The highest BCUT2D eigenvalue weighted by atomic mass is 32.2. The molecule has 2 atom stereocenters. The third kappa shape index (κ3) is 2.79.